The van der Waals surface area contributed by atoms with Gasteiger partial charge in [-0.2, -0.15) is 0 Å². The number of methoxy groups -OCH3 is 1. The van der Waals surface area contributed by atoms with E-state index in [4.69, 9.17) is 4.74 Å². The summed E-state index contributed by atoms with van der Waals surface area (Å²) in [5, 5.41) is 0. The summed E-state index contributed by atoms with van der Waals surface area (Å²) >= 11 is -0.648. The second-order valence-corrected chi connectivity index (χ2v) is 7.65. The quantitative estimate of drug-likeness (QED) is 0.387. The molecule has 0 aromatic heterocycles. The van der Waals surface area contributed by atoms with Crippen molar-refractivity contribution in [1.82, 2.24) is 0 Å². The van der Waals surface area contributed by atoms with Gasteiger partial charge in [0, 0.05) is 0 Å². The summed E-state index contributed by atoms with van der Waals surface area (Å²) in [5.74, 6) is 0.674. The second-order valence-electron chi connectivity index (χ2n) is 4.44. The van der Waals surface area contributed by atoms with Gasteiger partial charge in [0.15, 0.2) is 0 Å². The standard InChI is InChI=1S/C15H21AsO4/c1-12(17)16-13-7-9-14(10-8-13)20-11-5-3-4-6-15(18)19-2/h7-10,16H,3-6,11H2,1-2H3. The molecule has 0 N–H and O–H groups in total. The van der Waals surface area contributed by atoms with Gasteiger partial charge < -0.3 is 0 Å². The molecule has 0 radical (unpaired) electrons. The van der Waals surface area contributed by atoms with Crippen molar-refractivity contribution in [2.45, 2.75) is 32.6 Å². The molecule has 0 spiro atoms. The number of esters is 1. The first-order chi connectivity index (χ1) is 9.61. The Morgan fingerprint density at radius 3 is 2.40 bits per heavy atom. The summed E-state index contributed by atoms with van der Waals surface area (Å²) in [7, 11) is 1.41. The fourth-order valence-corrected chi connectivity index (χ4v) is 3.23. The third-order valence-electron chi connectivity index (χ3n) is 2.70. The molecule has 4 nitrogen and oxygen atoms in total. The molecule has 1 rings (SSSR count). The van der Waals surface area contributed by atoms with Crippen molar-refractivity contribution in [3.8, 4) is 5.75 Å². The number of hydrogen-bond acceptors (Lipinski definition) is 4. The monoisotopic (exact) mass is 340 g/mol. The van der Waals surface area contributed by atoms with Crippen molar-refractivity contribution in [2.24, 2.45) is 0 Å². The Labute approximate surface area is 126 Å². The van der Waals surface area contributed by atoms with Crippen LogP contribution in [0.5, 0.6) is 5.75 Å². The fraction of sp³-hybridized carbons (Fsp3) is 0.467. The zero-order valence-electron chi connectivity index (χ0n) is 12.0. The van der Waals surface area contributed by atoms with Crippen molar-refractivity contribution in [3.63, 3.8) is 0 Å². The van der Waals surface area contributed by atoms with Crippen molar-refractivity contribution < 1.29 is 19.1 Å². The number of carbonyl (C=O) groups excluding carboxylic acids is 2. The Bertz CT molecular complexity index is 428. The number of ether oxygens (including phenoxy) is 2. The summed E-state index contributed by atoms with van der Waals surface area (Å²) in [5.41, 5.74) is 0. The summed E-state index contributed by atoms with van der Waals surface area (Å²) in [4.78, 5) is 21.9. The fourth-order valence-electron chi connectivity index (χ4n) is 1.68. The van der Waals surface area contributed by atoms with E-state index in [2.05, 4.69) is 4.74 Å². The van der Waals surface area contributed by atoms with E-state index in [0.717, 1.165) is 29.4 Å². The minimum absolute atomic E-state index is 0.157. The van der Waals surface area contributed by atoms with Crippen LogP contribution in [0.15, 0.2) is 24.3 Å². The second kappa shape index (κ2) is 9.60. The summed E-state index contributed by atoms with van der Waals surface area (Å²) < 4.78 is 11.6. The first kappa shape index (κ1) is 16.8. The molecule has 5 heteroatoms. The van der Waals surface area contributed by atoms with Crippen LogP contribution in [0.25, 0.3) is 0 Å². The maximum absolute atomic E-state index is 11.0. The molecule has 0 heterocycles. The molecule has 0 aliphatic heterocycles. The van der Waals surface area contributed by atoms with Crippen molar-refractivity contribution in [3.05, 3.63) is 24.3 Å². The van der Waals surface area contributed by atoms with E-state index in [-0.39, 0.29) is 10.5 Å². The SMILES string of the molecule is COC(=O)CCCCCOc1ccc([AsH]C(C)=O)cc1. The molecular weight excluding hydrogens is 319 g/mol. The van der Waals surface area contributed by atoms with Crippen molar-refractivity contribution >= 4 is 30.6 Å². The first-order valence-electron chi connectivity index (χ1n) is 6.69. The molecule has 1 aromatic carbocycles. The number of benzene rings is 1. The van der Waals surface area contributed by atoms with Gasteiger partial charge in [-0.05, 0) is 0 Å². The van der Waals surface area contributed by atoms with Gasteiger partial charge in [-0.25, -0.2) is 0 Å². The van der Waals surface area contributed by atoms with Gasteiger partial charge in [-0.15, -0.1) is 0 Å². The van der Waals surface area contributed by atoms with Crippen molar-refractivity contribution in [1.29, 1.82) is 0 Å². The molecule has 0 aliphatic carbocycles. The molecule has 1 aromatic rings. The average molecular weight is 340 g/mol. The van der Waals surface area contributed by atoms with Crippen LogP contribution in [0, 0.1) is 0 Å². The number of hydrogen-bond donors (Lipinski definition) is 0. The minimum atomic E-state index is -0.648. The average Bonchev–Trinajstić information content (AvgIpc) is 2.43. The predicted octanol–water partition coefficient (Wildman–Crippen LogP) is 1.41. The Morgan fingerprint density at radius 1 is 1.10 bits per heavy atom. The topological polar surface area (TPSA) is 52.6 Å². The van der Waals surface area contributed by atoms with Crippen LogP contribution in [0.1, 0.15) is 32.6 Å². The molecule has 20 heavy (non-hydrogen) atoms. The number of carbonyl (C=O) groups is 2. The van der Waals surface area contributed by atoms with E-state index in [1.54, 1.807) is 6.92 Å². The molecule has 0 bridgehead atoms. The summed E-state index contributed by atoms with van der Waals surface area (Å²) in [6.07, 6.45) is 3.17. The van der Waals surface area contributed by atoms with E-state index < -0.39 is 15.8 Å². The van der Waals surface area contributed by atoms with Gasteiger partial charge in [0.05, 0.1) is 7.11 Å². The van der Waals surface area contributed by atoms with Crippen LogP contribution in [0.3, 0.4) is 0 Å². The van der Waals surface area contributed by atoms with Crippen LogP contribution >= 0.6 is 0 Å². The normalized spacial score (nSPS) is 10.7. The third-order valence-corrected chi connectivity index (χ3v) is 4.74. The zero-order valence-corrected chi connectivity index (χ0v) is 14.1. The van der Waals surface area contributed by atoms with Crippen molar-refractivity contribution in [2.75, 3.05) is 13.7 Å². The molecule has 1 unspecified atom stereocenters. The Balaban J connectivity index is 2.16. The molecular formula is C15H21AsO4. The molecule has 0 fully saturated rings. The first-order valence-corrected chi connectivity index (χ1v) is 8.79. The van der Waals surface area contributed by atoms with Gasteiger partial charge in [0.25, 0.3) is 0 Å². The third kappa shape index (κ3) is 7.34. The summed E-state index contributed by atoms with van der Waals surface area (Å²) in [6, 6.07) is 7.76. The Hall–Kier alpha value is -1.28. The van der Waals surface area contributed by atoms with E-state index in [9.17, 15) is 9.59 Å². The van der Waals surface area contributed by atoms with Crippen LogP contribution in [0.4, 0.5) is 0 Å². The van der Waals surface area contributed by atoms with Crippen LogP contribution in [-0.2, 0) is 14.3 Å². The van der Waals surface area contributed by atoms with Gasteiger partial charge in [0.2, 0.25) is 0 Å². The van der Waals surface area contributed by atoms with Gasteiger partial charge in [0.1, 0.15) is 0 Å². The van der Waals surface area contributed by atoms with E-state index in [1.165, 1.54) is 7.11 Å². The summed E-state index contributed by atoms with van der Waals surface area (Å²) in [6.45, 7) is 2.28. The molecule has 1 atom stereocenters. The molecule has 0 aliphatic rings. The predicted molar refractivity (Wildman–Crippen MR) is 79.9 cm³/mol. The molecule has 0 saturated heterocycles. The maximum atomic E-state index is 11.0. The van der Waals surface area contributed by atoms with E-state index in [1.807, 2.05) is 24.3 Å². The Morgan fingerprint density at radius 2 is 1.80 bits per heavy atom. The van der Waals surface area contributed by atoms with E-state index in [0.29, 0.717) is 13.0 Å². The van der Waals surface area contributed by atoms with Crippen LogP contribution in [0.2, 0.25) is 0 Å². The molecule has 0 amide bonds. The zero-order chi connectivity index (χ0) is 14.8. The number of unbranched alkanes of at least 4 members (excludes halogenated alkanes) is 2. The van der Waals surface area contributed by atoms with E-state index >= 15 is 0 Å². The van der Waals surface area contributed by atoms with Gasteiger partial charge in [-0.3, -0.25) is 0 Å². The van der Waals surface area contributed by atoms with Gasteiger partial charge in [-0.1, -0.05) is 0 Å². The number of rotatable bonds is 9. The molecule has 110 valence electrons. The van der Waals surface area contributed by atoms with Crippen LogP contribution < -0.4 is 9.09 Å². The Kier molecular flexibility index (Phi) is 8.05. The molecule has 0 saturated carbocycles. The van der Waals surface area contributed by atoms with Gasteiger partial charge >= 0.3 is 119 Å². The van der Waals surface area contributed by atoms with Crippen LogP contribution in [-0.4, -0.2) is 40.0 Å².